The van der Waals surface area contributed by atoms with Crippen LogP contribution in [0.3, 0.4) is 0 Å². The van der Waals surface area contributed by atoms with Crippen molar-refractivity contribution < 1.29 is 13.5 Å². The highest BCUT2D eigenvalue weighted by molar-refractivity contribution is 7.87. The van der Waals surface area contributed by atoms with Crippen molar-refractivity contribution in [3.63, 3.8) is 0 Å². The number of ether oxygens (including phenoxy) is 1. The first-order valence-electron chi connectivity index (χ1n) is 9.99. The van der Waals surface area contributed by atoms with Gasteiger partial charge in [-0.3, -0.25) is 4.72 Å². The van der Waals surface area contributed by atoms with E-state index in [1.807, 2.05) is 12.1 Å². The number of aromatic nitrogens is 4. The summed E-state index contributed by atoms with van der Waals surface area (Å²) in [6.45, 7) is 4.65. The van der Waals surface area contributed by atoms with Gasteiger partial charge < -0.3 is 9.26 Å². The van der Waals surface area contributed by atoms with E-state index in [0.717, 1.165) is 29.2 Å². The Morgan fingerprint density at radius 3 is 2.81 bits per heavy atom. The fraction of sp³-hybridized carbons (Fsp3) is 0.333. The maximum Gasteiger partial charge on any atom is 0.232 e. The monoisotopic (exact) mass is 457 g/mol. The molecule has 1 unspecified atom stereocenters. The molecule has 0 aliphatic heterocycles. The topological polar surface area (TPSA) is 103 Å². The predicted molar refractivity (Wildman–Crippen MR) is 120 cm³/mol. The van der Waals surface area contributed by atoms with Crippen LogP contribution in [0.25, 0.3) is 33.1 Å². The maximum absolute atomic E-state index is 12.2. The van der Waals surface area contributed by atoms with Crippen LogP contribution in [0.4, 0.5) is 5.82 Å². The Labute approximate surface area is 186 Å². The van der Waals surface area contributed by atoms with Crippen LogP contribution < -0.4 is 9.46 Å². The number of pyridine rings is 1. The van der Waals surface area contributed by atoms with Gasteiger partial charge in [0.2, 0.25) is 5.88 Å². The van der Waals surface area contributed by atoms with Crippen LogP contribution >= 0.6 is 11.6 Å². The first-order valence-corrected chi connectivity index (χ1v) is 11.6. The minimum Gasteiger partial charge on any atom is -0.476 e. The summed E-state index contributed by atoms with van der Waals surface area (Å²) in [5.74, 6) is 1.22. The second-order valence-electron chi connectivity index (χ2n) is 7.93. The van der Waals surface area contributed by atoms with Crippen molar-refractivity contribution in [3.05, 3.63) is 35.7 Å². The van der Waals surface area contributed by atoms with Gasteiger partial charge in [0.25, 0.3) is 0 Å². The van der Waals surface area contributed by atoms with Crippen molar-refractivity contribution in [1.82, 2.24) is 20.1 Å². The summed E-state index contributed by atoms with van der Waals surface area (Å²) in [5, 5.41) is 6.15. The second kappa shape index (κ2) is 8.05. The molecule has 1 aliphatic carbocycles. The fourth-order valence-corrected chi connectivity index (χ4v) is 4.45. The Bertz CT molecular complexity index is 1310. The van der Waals surface area contributed by atoms with Crippen LogP contribution in [0, 0.1) is 5.92 Å². The lowest BCUT2D eigenvalue weighted by Gasteiger charge is -2.11. The highest BCUT2D eigenvalue weighted by Crippen LogP contribution is 2.35. The molecule has 1 fully saturated rings. The highest BCUT2D eigenvalue weighted by Gasteiger charge is 2.29. The van der Waals surface area contributed by atoms with Crippen LogP contribution in [0.5, 0.6) is 5.88 Å². The van der Waals surface area contributed by atoms with E-state index in [2.05, 4.69) is 38.7 Å². The molecular formula is C21H20ClN5O3S. The minimum atomic E-state index is -1.16. The van der Waals surface area contributed by atoms with E-state index in [1.165, 1.54) is 6.33 Å². The molecule has 8 nitrogen and oxygen atoms in total. The Balaban J connectivity index is 1.52. The van der Waals surface area contributed by atoms with Crippen LogP contribution in [-0.4, -0.2) is 36.2 Å². The number of nitrogens with zero attached hydrogens (tertiary/aromatic N) is 4. The van der Waals surface area contributed by atoms with Crippen molar-refractivity contribution in [2.24, 2.45) is 5.92 Å². The summed E-state index contributed by atoms with van der Waals surface area (Å²) in [6, 6.07) is 5.46. The number of rotatable bonds is 7. The number of anilines is 1. The van der Waals surface area contributed by atoms with Gasteiger partial charge in [0.1, 0.15) is 22.3 Å². The molecule has 1 N–H and O–H groups in total. The molecule has 1 atom stereocenters. The molecule has 31 heavy (non-hydrogen) atoms. The minimum absolute atomic E-state index is 0.186. The molecule has 0 saturated heterocycles. The van der Waals surface area contributed by atoms with Gasteiger partial charge in [0.15, 0.2) is 11.4 Å². The van der Waals surface area contributed by atoms with Gasteiger partial charge in [0, 0.05) is 17.1 Å². The molecule has 3 heterocycles. The molecule has 4 aromatic rings. The Kier molecular flexibility index (Phi) is 5.23. The highest BCUT2D eigenvalue weighted by atomic mass is 35.5. The molecule has 1 aliphatic rings. The van der Waals surface area contributed by atoms with Crippen molar-refractivity contribution >= 4 is 50.3 Å². The van der Waals surface area contributed by atoms with Crippen molar-refractivity contribution in [1.29, 1.82) is 0 Å². The van der Waals surface area contributed by atoms with E-state index < -0.39 is 11.0 Å². The number of benzene rings is 1. The predicted octanol–water partition coefficient (Wildman–Crippen LogP) is 4.76. The lowest BCUT2D eigenvalue weighted by Crippen LogP contribution is -2.09. The van der Waals surface area contributed by atoms with Gasteiger partial charge in [-0.1, -0.05) is 30.6 Å². The zero-order valence-electron chi connectivity index (χ0n) is 17.0. The van der Waals surface area contributed by atoms with Gasteiger partial charge in [-0.25, -0.2) is 19.2 Å². The molecule has 0 bridgehead atoms. The molecular weight excluding hydrogens is 438 g/mol. The van der Waals surface area contributed by atoms with Crippen molar-refractivity contribution in [3.8, 4) is 17.1 Å². The number of halogens is 1. The zero-order chi connectivity index (χ0) is 21.5. The maximum atomic E-state index is 12.2. The summed E-state index contributed by atoms with van der Waals surface area (Å²) < 4.78 is 26.3. The van der Waals surface area contributed by atoms with Crippen LogP contribution in [0.2, 0.25) is 5.02 Å². The van der Waals surface area contributed by atoms with E-state index in [1.54, 1.807) is 12.3 Å². The largest absolute Gasteiger partial charge is 0.476 e. The molecule has 0 amide bonds. The zero-order valence-corrected chi connectivity index (χ0v) is 18.5. The third kappa shape index (κ3) is 4.07. The second-order valence-corrected chi connectivity index (χ2v) is 9.81. The smallest absolute Gasteiger partial charge is 0.232 e. The average molecular weight is 458 g/mol. The Morgan fingerprint density at radius 2 is 2.06 bits per heavy atom. The van der Waals surface area contributed by atoms with Gasteiger partial charge in [-0.05, 0) is 37.0 Å². The van der Waals surface area contributed by atoms with Crippen LogP contribution in [-0.2, 0) is 11.0 Å². The summed E-state index contributed by atoms with van der Waals surface area (Å²) in [7, 11) is -1.16. The molecule has 3 aromatic heterocycles. The molecule has 1 saturated carbocycles. The normalized spacial score (nSPS) is 15.0. The first kappa shape index (κ1) is 20.1. The van der Waals surface area contributed by atoms with Crippen molar-refractivity contribution in [2.75, 3.05) is 11.3 Å². The van der Waals surface area contributed by atoms with E-state index in [9.17, 15) is 4.21 Å². The van der Waals surface area contributed by atoms with E-state index in [0.29, 0.717) is 46.0 Å². The third-order valence-electron chi connectivity index (χ3n) is 4.89. The molecule has 1 aromatic carbocycles. The quantitative estimate of drug-likeness (QED) is 0.426. The summed E-state index contributed by atoms with van der Waals surface area (Å²) in [5.41, 5.74) is 2.66. The molecule has 10 heteroatoms. The lowest BCUT2D eigenvalue weighted by atomic mass is 10.1. The lowest BCUT2D eigenvalue weighted by molar-refractivity contribution is 0.261. The van der Waals surface area contributed by atoms with E-state index >= 15 is 0 Å². The van der Waals surface area contributed by atoms with Gasteiger partial charge in [-0.2, -0.15) is 0 Å². The van der Waals surface area contributed by atoms with Gasteiger partial charge >= 0.3 is 0 Å². The molecule has 160 valence electrons. The number of hydrogen-bond donors (Lipinski definition) is 1. The Morgan fingerprint density at radius 1 is 1.23 bits per heavy atom. The van der Waals surface area contributed by atoms with Gasteiger partial charge in [0.05, 0.1) is 28.5 Å². The van der Waals surface area contributed by atoms with E-state index in [-0.39, 0.29) is 5.25 Å². The summed E-state index contributed by atoms with van der Waals surface area (Å²) in [6.07, 6.45) is 5.10. The van der Waals surface area contributed by atoms with Crippen molar-refractivity contribution in [2.45, 2.75) is 31.9 Å². The Hall–Kier alpha value is -2.78. The SMILES string of the molecule is CC(C)COc1ncc(-c2ncnc3cc4c(NS(=O)C5CC5)noc4cc23)cc1Cl. The molecule has 5 rings (SSSR count). The van der Waals surface area contributed by atoms with Crippen LogP contribution in [0.1, 0.15) is 26.7 Å². The molecule has 0 radical (unpaired) electrons. The fourth-order valence-electron chi connectivity index (χ4n) is 3.16. The average Bonchev–Trinajstić information content (AvgIpc) is 3.54. The summed E-state index contributed by atoms with van der Waals surface area (Å²) in [4.78, 5) is 13.2. The third-order valence-corrected chi connectivity index (χ3v) is 6.63. The van der Waals surface area contributed by atoms with Gasteiger partial charge in [-0.15, -0.1) is 0 Å². The molecule has 0 spiro atoms. The number of hydrogen-bond acceptors (Lipinski definition) is 7. The number of nitrogens with one attached hydrogen (secondary N) is 1. The standard InChI is InChI=1S/C21H20ClN5O3S/c1-11(2)9-29-21-16(22)5-12(8-23-21)19-14-7-18-15(6-17(14)24-10-25-19)20(26-30-18)27-31(28)13-3-4-13/h5-8,10-11,13H,3-4,9H2,1-2H3,(H,26,27). The number of fused-ring (bicyclic) bond motifs is 2. The van der Waals surface area contributed by atoms with Crippen LogP contribution in [0.15, 0.2) is 35.2 Å². The summed E-state index contributed by atoms with van der Waals surface area (Å²) >= 11 is 6.39. The van der Waals surface area contributed by atoms with E-state index in [4.69, 9.17) is 20.9 Å². The first-order chi connectivity index (χ1) is 15.0.